The molecule has 0 saturated heterocycles. The maximum atomic E-state index is 5.61. The van der Waals surface area contributed by atoms with Gasteiger partial charge in [-0.3, -0.25) is 0 Å². The third-order valence-corrected chi connectivity index (χ3v) is 3.08. The molecule has 0 atom stereocenters. The highest BCUT2D eigenvalue weighted by molar-refractivity contribution is 9.10. The van der Waals surface area contributed by atoms with Gasteiger partial charge in [-0.05, 0) is 28.4 Å². The average Bonchev–Trinajstić information content (AvgIpc) is 2.68. The summed E-state index contributed by atoms with van der Waals surface area (Å²) in [4.78, 5) is 10.2. The highest BCUT2D eigenvalue weighted by Gasteiger charge is 2.21. The van der Waals surface area contributed by atoms with Gasteiger partial charge in [0.1, 0.15) is 16.2 Å². The van der Waals surface area contributed by atoms with Gasteiger partial charge in [0.15, 0.2) is 0 Å². The minimum absolute atomic E-state index is 0.290. The fraction of sp³-hybridized carbons (Fsp3) is 0.300. The Morgan fingerprint density at radius 2 is 2.24 bits per heavy atom. The Morgan fingerprint density at radius 1 is 1.35 bits per heavy atom. The van der Waals surface area contributed by atoms with E-state index in [1.807, 2.05) is 16.8 Å². The van der Waals surface area contributed by atoms with Crippen molar-refractivity contribution in [3.8, 4) is 0 Å². The topological polar surface area (TPSA) is 72.9 Å². The van der Waals surface area contributed by atoms with Gasteiger partial charge in [0.25, 0.3) is 0 Å². The largest absolute Gasteiger partial charge is 0.368 e. The lowest BCUT2D eigenvalue weighted by Gasteiger charge is -2.28. The quantitative estimate of drug-likeness (QED) is 0.864. The highest BCUT2D eigenvalue weighted by Crippen LogP contribution is 2.29. The summed E-state index contributed by atoms with van der Waals surface area (Å²) in [5.74, 6) is 2.13. The summed E-state index contributed by atoms with van der Waals surface area (Å²) in [6, 6.07) is 3.84. The highest BCUT2D eigenvalue weighted by atomic mass is 79.9. The van der Waals surface area contributed by atoms with Crippen LogP contribution in [0.5, 0.6) is 0 Å². The Kier molecular flexibility index (Phi) is 2.47. The summed E-state index contributed by atoms with van der Waals surface area (Å²) in [6.45, 7) is 1.84. The smallest absolute Gasteiger partial charge is 0.221 e. The Labute approximate surface area is 107 Å². The van der Waals surface area contributed by atoms with E-state index in [9.17, 15) is 0 Å². The maximum absolute atomic E-state index is 5.61. The van der Waals surface area contributed by atoms with E-state index < -0.39 is 0 Å². The zero-order valence-electron chi connectivity index (χ0n) is 9.04. The van der Waals surface area contributed by atoms with E-state index in [0.717, 1.165) is 35.7 Å². The summed E-state index contributed by atoms with van der Waals surface area (Å²) in [5, 5.41) is 4.37. The predicted octanol–water partition coefficient (Wildman–Crippen LogP) is 1.56. The maximum Gasteiger partial charge on any atom is 0.221 e. The lowest BCUT2D eigenvalue weighted by Crippen LogP contribution is -2.28. The molecule has 1 aliphatic rings. The van der Waals surface area contributed by atoms with E-state index >= 15 is 0 Å². The number of hydrogen-bond donors (Lipinski definition) is 1. The monoisotopic (exact) mass is 294 g/mol. The van der Waals surface area contributed by atoms with Crippen LogP contribution in [0.1, 0.15) is 6.42 Å². The molecule has 7 heteroatoms. The molecule has 3 heterocycles. The van der Waals surface area contributed by atoms with Crippen molar-refractivity contribution < 1.29 is 0 Å². The van der Waals surface area contributed by atoms with Crippen molar-refractivity contribution >= 4 is 33.5 Å². The van der Waals surface area contributed by atoms with Gasteiger partial charge in [-0.15, -0.1) is 0 Å². The molecule has 0 radical (unpaired) electrons. The molecule has 2 N–H and O–H groups in total. The summed E-state index contributed by atoms with van der Waals surface area (Å²) >= 11 is 3.39. The molecule has 0 aromatic carbocycles. The standard InChI is InChI=1S/C10H11BrN6/c11-7-6-9-16(4-1-5-17(9)15-7)8-2-3-13-10(12)14-8/h2-3,6H,1,4-5H2,(H2,12,13,14). The molecule has 0 aliphatic carbocycles. The van der Waals surface area contributed by atoms with Crippen LogP contribution < -0.4 is 10.6 Å². The number of nitrogen functional groups attached to an aromatic ring is 1. The lowest BCUT2D eigenvalue weighted by molar-refractivity contribution is 0.538. The summed E-state index contributed by atoms with van der Waals surface area (Å²) in [6.07, 6.45) is 2.70. The number of rotatable bonds is 1. The van der Waals surface area contributed by atoms with E-state index in [1.165, 1.54) is 0 Å². The summed E-state index contributed by atoms with van der Waals surface area (Å²) < 4.78 is 2.80. The van der Waals surface area contributed by atoms with Crippen molar-refractivity contribution in [2.24, 2.45) is 0 Å². The number of fused-ring (bicyclic) bond motifs is 1. The minimum Gasteiger partial charge on any atom is -0.368 e. The third-order valence-electron chi connectivity index (χ3n) is 2.69. The van der Waals surface area contributed by atoms with Gasteiger partial charge >= 0.3 is 0 Å². The second kappa shape index (κ2) is 3.99. The van der Waals surface area contributed by atoms with Gasteiger partial charge in [0, 0.05) is 25.4 Å². The van der Waals surface area contributed by atoms with Gasteiger partial charge in [0.05, 0.1) is 0 Å². The normalized spacial score (nSPS) is 14.8. The summed E-state index contributed by atoms with van der Waals surface area (Å²) in [5.41, 5.74) is 5.61. The van der Waals surface area contributed by atoms with E-state index in [4.69, 9.17) is 5.73 Å². The molecule has 0 amide bonds. The fourth-order valence-electron chi connectivity index (χ4n) is 2.00. The van der Waals surface area contributed by atoms with Gasteiger partial charge < -0.3 is 10.6 Å². The second-order valence-corrected chi connectivity index (χ2v) is 4.64. The molecule has 6 nitrogen and oxygen atoms in total. The Morgan fingerprint density at radius 3 is 3.06 bits per heavy atom. The number of nitrogens with zero attached hydrogens (tertiary/aromatic N) is 5. The molecule has 88 valence electrons. The number of halogens is 1. The van der Waals surface area contributed by atoms with Crippen LogP contribution in [-0.2, 0) is 6.54 Å². The summed E-state index contributed by atoms with van der Waals surface area (Å²) in [7, 11) is 0. The number of aryl methyl sites for hydroxylation is 1. The van der Waals surface area contributed by atoms with Crippen LogP contribution in [0.15, 0.2) is 22.9 Å². The first-order valence-electron chi connectivity index (χ1n) is 5.33. The molecule has 3 rings (SSSR count). The Balaban J connectivity index is 2.05. The molecule has 0 bridgehead atoms. The van der Waals surface area contributed by atoms with Crippen molar-refractivity contribution in [3.05, 3.63) is 22.9 Å². The number of anilines is 3. The molecule has 17 heavy (non-hydrogen) atoms. The Hall–Kier alpha value is -1.63. The van der Waals surface area contributed by atoms with Crippen LogP contribution in [0, 0.1) is 0 Å². The molecule has 2 aromatic rings. The van der Waals surface area contributed by atoms with Gasteiger partial charge in [-0.2, -0.15) is 10.1 Å². The van der Waals surface area contributed by atoms with Crippen LogP contribution in [0.4, 0.5) is 17.6 Å². The zero-order chi connectivity index (χ0) is 11.8. The van der Waals surface area contributed by atoms with Gasteiger partial charge in [-0.25, -0.2) is 9.67 Å². The molecule has 2 aromatic heterocycles. The van der Waals surface area contributed by atoms with E-state index in [1.54, 1.807) is 6.20 Å². The lowest BCUT2D eigenvalue weighted by atomic mass is 10.3. The van der Waals surface area contributed by atoms with Crippen LogP contribution >= 0.6 is 15.9 Å². The van der Waals surface area contributed by atoms with E-state index in [2.05, 4.69) is 35.9 Å². The van der Waals surface area contributed by atoms with Crippen LogP contribution in [0.25, 0.3) is 0 Å². The molecular weight excluding hydrogens is 284 g/mol. The molecule has 0 saturated carbocycles. The molecular formula is C10H11BrN6. The first-order chi connectivity index (χ1) is 8.24. The Bertz CT molecular complexity index is 551. The number of nitrogens with two attached hydrogens (primary N) is 1. The van der Waals surface area contributed by atoms with Crippen molar-refractivity contribution in [1.29, 1.82) is 0 Å². The van der Waals surface area contributed by atoms with Crippen molar-refractivity contribution in [2.75, 3.05) is 17.2 Å². The van der Waals surface area contributed by atoms with Crippen LogP contribution in [0.2, 0.25) is 0 Å². The number of hydrogen-bond acceptors (Lipinski definition) is 5. The zero-order valence-corrected chi connectivity index (χ0v) is 10.6. The average molecular weight is 295 g/mol. The molecule has 1 aliphatic heterocycles. The van der Waals surface area contributed by atoms with E-state index in [-0.39, 0.29) is 0 Å². The first-order valence-corrected chi connectivity index (χ1v) is 6.13. The molecule has 0 fully saturated rings. The number of aromatic nitrogens is 4. The van der Waals surface area contributed by atoms with E-state index in [0.29, 0.717) is 5.95 Å². The van der Waals surface area contributed by atoms with Crippen molar-refractivity contribution in [2.45, 2.75) is 13.0 Å². The van der Waals surface area contributed by atoms with Crippen molar-refractivity contribution in [3.63, 3.8) is 0 Å². The molecule has 0 unspecified atom stereocenters. The molecule has 0 spiro atoms. The first kappa shape index (κ1) is 10.5. The second-order valence-electron chi connectivity index (χ2n) is 3.83. The third kappa shape index (κ3) is 1.86. The van der Waals surface area contributed by atoms with Crippen LogP contribution in [-0.4, -0.2) is 26.3 Å². The van der Waals surface area contributed by atoms with Gasteiger partial charge in [0.2, 0.25) is 5.95 Å². The van der Waals surface area contributed by atoms with Crippen molar-refractivity contribution in [1.82, 2.24) is 19.7 Å². The SMILES string of the molecule is Nc1nccc(N2CCCn3nc(Br)cc32)n1. The minimum atomic E-state index is 0.290. The fourth-order valence-corrected chi connectivity index (χ4v) is 2.39. The predicted molar refractivity (Wildman–Crippen MR) is 68.0 cm³/mol. The van der Waals surface area contributed by atoms with Gasteiger partial charge in [-0.1, -0.05) is 0 Å². The van der Waals surface area contributed by atoms with Crippen LogP contribution in [0.3, 0.4) is 0 Å².